The van der Waals surface area contributed by atoms with Gasteiger partial charge >= 0.3 is 0 Å². The van der Waals surface area contributed by atoms with Crippen LogP contribution in [0.15, 0.2) is 42.5 Å². The van der Waals surface area contributed by atoms with Gasteiger partial charge in [0.15, 0.2) is 6.10 Å². The first-order valence-corrected chi connectivity index (χ1v) is 7.51. The maximum atomic E-state index is 12.3. The average molecular weight is 341 g/mol. The molecule has 2 aromatic rings. The summed E-state index contributed by atoms with van der Waals surface area (Å²) >= 11 is 0. The van der Waals surface area contributed by atoms with Crippen molar-refractivity contribution in [3.63, 3.8) is 0 Å². The number of hydrogen-bond donors (Lipinski definition) is 1. The Bertz CT molecular complexity index is 863. The standard InChI is InChI=1S/C17H15N3O5/c1-10-17(22)19(2)14-8-5-12(9-15(14)25-10)18-16(21)11-3-6-13(7-4-11)20(23)24/h3-10H,1-2H3,(H,18,21). The molecule has 0 bridgehead atoms. The van der Waals surface area contributed by atoms with Crippen LogP contribution >= 0.6 is 0 Å². The van der Waals surface area contributed by atoms with Crippen LogP contribution in [0.3, 0.4) is 0 Å². The van der Waals surface area contributed by atoms with E-state index in [4.69, 9.17) is 4.74 Å². The predicted molar refractivity (Wildman–Crippen MR) is 91.0 cm³/mol. The third kappa shape index (κ3) is 3.14. The Kier molecular flexibility index (Phi) is 4.10. The molecule has 0 saturated carbocycles. The highest BCUT2D eigenvalue weighted by Gasteiger charge is 2.29. The van der Waals surface area contributed by atoms with Crippen molar-refractivity contribution in [2.45, 2.75) is 13.0 Å². The summed E-state index contributed by atoms with van der Waals surface area (Å²) in [5.74, 6) is -0.0469. The number of amides is 2. The smallest absolute Gasteiger partial charge is 0.269 e. The Morgan fingerprint density at radius 1 is 1.24 bits per heavy atom. The minimum Gasteiger partial charge on any atom is -0.479 e. The second kappa shape index (κ2) is 6.23. The highest BCUT2D eigenvalue weighted by Crippen LogP contribution is 2.35. The van der Waals surface area contributed by atoms with E-state index in [1.807, 2.05) is 0 Å². The second-order valence-corrected chi connectivity index (χ2v) is 5.60. The molecular formula is C17H15N3O5. The molecule has 8 nitrogen and oxygen atoms in total. The lowest BCUT2D eigenvalue weighted by atomic mass is 10.1. The van der Waals surface area contributed by atoms with Crippen molar-refractivity contribution < 1.29 is 19.2 Å². The van der Waals surface area contributed by atoms with E-state index >= 15 is 0 Å². The zero-order valence-corrected chi connectivity index (χ0v) is 13.6. The summed E-state index contributed by atoms with van der Waals surface area (Å²) in [6.07, 6.45) is -0.599. The lowest BCUT2D eigenvalue weighted by Gasteiger charge is -2.30. The van der Waals surface area contributed by atoms with Gasteiger partial charge in [-0.05, 0) is 31.2 Å². The van der Waals surface area contributed by atoms with Crippen LogP contribution in [-0.2, 0) is 4.79 Å². The monoisotopic (exact) mass is 341 g/mol. The maximum Gasteiger partial charge on any atom is 0.269 e. The Balaban J connectivity index is 1.79. The Labute approximate surface area is 143 Å². The molecule has 3 rings (SSSR count). The van der Waals surface area contributed by atoms with Crippen molar-refractivity contribution in [3.05, 3.63) is 58.1 Å². The third-order valence-electron chi connectivity index (χ3n) is 3.90. The number of ether oxygens (including phenoxy) is 1. The van der Waals surface area contributed by atoms with E-state index in [2.05, 4.69) is 5.32 Å². The first-order valence-electron chi connectivity index (χ1n) is 7.51. The van der Waals surface area contributed by atoms with Gasteiger partial charge < -0.3 is 15.0 Å². The van der Waals surface area contributed by atoms with Gasteiger partial charge in [0.2, 0.25) is 0 Å². The topological polar surface area (TPSA) is 102 Å². The number of benzene rings is 2. The number of non-ortho nitro benzene ring substituents is 1. The van der Waals surface area contributed by atoms with Crippen LogP contribution in [0.2, 0.25) is 0 Å². The van der Waals surface area contributed by atoms with E-state index in [1.165, 1.54) is 29.2 Å². The second-order valence-electron chi connectivity index (χ2n) is 5.60. The van der Waals surface area contributed by atoms with Gasteiger partial charge in [-0.2, -0.15) is 0 Å². The molecule has 1 N–H and O–H groups in total. The zero-order chi connectivity index (χ0) is 18.1. The van der Waals surface area contributed by atoms with Crippen molar-refractivity contribution in [3.8, 4) is 5.75 Å². The van der Waals surface area contributed by atoms with Gasteiger partial charge in [0.05, 0.1) is 10.6 Å². The summed E-state index contributed by atoms with van der Waals surface area (Å²) in [6, 6.07) is 10.3. The van der Waals surface area contributed by atoms with Gasteiger partial charge in [0, 0.05) is 36.5 Å². The molecule has 1 aliphatic heterocycles. The quantitative estimate of drug-likeness (QED) is 0.683. The van der Waals surface area contributed by atoms with Crippen molar-refractivity contribution >= 4 is 28.9 Å². The molecule has 0 aliphatic carbocycles. The molecule has 0 spiro atoms. The Morgan fingerprint density at radius 3 is 2.56 bits per heavy atom. The van der Waals surface area contributed by atoms with Crippen molar-refractivity contribution in [1.29, 1.82) is 0 Å². The first kappa shape index (κ1) is 16.4. The van der Waals surface area contributed by atoms with Gasteiger partial charge in [-0.15, -0.1) is 0 Å². The van der Waals surface area contributed by atoms with Crippen molar-refractivity contribution in [2.24, 2.45) is 0 Å². The summed E-state index contributed by atoms with van der Waals surface area (Å²) in [6.45, 7) is 1.66. The summed E-state index contributed by atoms with van der Waals surface area (Å²) in [5, 5.41) is 13.4. The number of nitrogens with one attached hydrogen (secondary N) is 1. The number of nitrogens with zero attached hydrogens (tertiary/aromatic N) is 2. The molecule has 1 atom stereocenters. The molecular weight excluding hydrogens is 326 g/mol. The molecule has 128 valence electrons. The molecule has 8 heteroatoms. The van der Waals surface area contributed by atoms with Crippen LogP contribution in [0.4, 0.5) is 17.1 Å². The minimum atomic E-state index is -0.599. The van der Waals surface area contributed by atoms with E-state index in [0.29, 0.717) is 22.7 Å². The minimum absolute atomic E-state index is 0.0829. The molecule has 0 radical (unpaired) electrons. The number of fused-ring (bicyclic) bond motifs is 1. The highest BCUT2D eigenvalue weighted by molar-refractivity contribution is 6.05. The highest BCUT2D eigenvalue weighted by atomic mass is 16.6. The van der Waals surface area contributed by atoms with Gasteiger partial charge in [0.25, 0.3) is 17.5 Å². The SMILES string of the molecule is CC1Oc2cc(NC(=O)c3ccc([N+](=O)[O-])cc3)ccc2N(C)C1=O. The fourth-order valence-electron chi connectivity index (χ4n) is 2.53. The summed E-state index contributed by atoms with van der Waals surface area (Å²) in [5.41, 5.74) is 1.33. The molecule has 0 fully saturated rings. The summed E-state index contributed by atoms with van der Waals surface area (Å²) < 4.78 is 5.57. The number of rotatable bonds is 3. The van der Waals surface area contributed by atoms with E-state index < -0.39 is 16.9 Å². The zero-order valence-electron chi connectivity index (χ0n) is 13.6. The van der Waals surface area contributed by atoms with Gasteiger partial charge in [0.1, 0.15) is 5.75 Å². The predicted octanol–water partition coefficient (Wildman–Crippen LogP) is 2.59. The van der Waals surface area contributed by atoms with E-state index in [9.17, 15) is 19.7 Å². The number of carbonyl (C=O) groups is 2. The Morgan fingerprint density at radius 2 is 1.92 bits per heavy atom. The lowest BCUT2D eigenvalue weighted by molar-refractivity contribution is -0.384. The number of nitro groups is 1. The number of hydrogen-bond acceptors (Lipinski definition) is 5. The molecule has 1 aliphatic rings. The Hall–Kier alpha value is -3.42. The van der Waals surface area contributed by atoms with Crippen molar-refractivity contribution in [1.82, 2.24) is 0 Å². The van der Waals surface area contributed by atoms with Crippen LogP contribution in [0, 0.1) is 10.1 Å². The molecule has 0 aromatic heterocycles. The average Bonchev–Trinajstić information content (AvgIpc) is 2.59. The van der Waals surface area contributed by atoms with E-state index in [1.54, 1.807) is 32.2 Å². The van der Waals surface area contributed by atoms with Crippen LogP contribution in [0.5, 0.6) is 5.75 Å². The van der Waals surface area contributed by atoms with Crippen LogP contribution in [-0.4, -0.2) is 29.9 Å². The van der Waals surface area contributed by atoms with Crippen molar-refractivity contribution in [2.75, 3.05) is 17.3 Å². The lowest BCUT2D eigenvalue weighted by Crippen LogP contribution is -2.41. The van der Waals surface area contributed by atoms with Crippen LogP contribution in [0.1, 0.15) is 17.3 Å². The van der Waals surface area contributed by atoms with E-state index in [-0.39, 0.29) is 11.6 Å². The number of carbonyl (C=O) groups excluding carboxylic acids is 2. The van der Waals surface area contributed by atoms with Gasteiger partial charge in [-0.1, -0.05) is 0 Å². The van der Waals surface area contributed by atoms with Crippen LogP contribution < -0.4 is 15.0 Å². The summed E-state index contributed by atoms with van der Waals surface area (Å²) in [4.78, 5) is 35.8. The van der Waals surface area contributed by atoms with Gasteiger partial charge in [-0.25, -0.2) is 0 Å². The van der Waals surface area contributed by atoms with Gasteiger partial charge in [-0.3, -0.25) is 19.7 Å². The maximum absolute atomic E-state index is 12.3. The third-order valence-corrected chi connectivity index (χ3v) is 3.90. The molecule has 1 heterocycles. The van der Waals surface area contributed by atoms with E-state index in [0.717, 1.165) is 0 Å². The number of anilines is 2. The first-order chi connectivity index (χ1) is 11.9. The molecule has 1 unspecified atom stereocenters. The molecule has 25 heavy (non-hydrogen) atoms. The fourth-order valence-corrected chi connectivity index (χ4v) is 2.53. The molecule has 2 amide bonds. The van der Waals surface area contributed by atoms with Crippen LogP contribution in [0.25, 0.3) is 0 Å². The normalized spacial score (nSPS) is 16.0. The number of likely N-dealkylation sites (N-methyl/N-ethyl adjacent to an activating group) is 1. The number of nitro benzene ring substituents is 1. The molecule has 2 aromatic carbocycles. The summed E-state index contributed by atoms with van der Waals surface area (Å²) in [7, 11) is 1.66. The fraction of sp³-hybridized carbons (Fsp3) is 0.176. The largest absolute Gasteiger partial charge is 0.479 e. The molecule has 0 saturated heterocycles.